The van der Waals surface area contributed by atoms with Gasteiger partial charge in [0.2, 0.25) is 0 Å². The Kier molecular flexibility index (Phi) is 5.60. The molecular weight excluding hydrogens is 383 g/mol. The molecule has 2 heterocycles. The topological polar surface area (TPSA) is 15.6 Å². The molecule has 0 saturated carbocycles. The fraction of sp³-hybridized carbons (Fsp3) is 0.320. The molecule has 4 heteroatoms. The van der Waals surface area contributed by atoms with E-state index in [0.29, 0.717) is 5.92 Å². The molecule has 150 valence electrons. The second kappa shape index (κ2) is 8.16. The van der Waals surface area contributed by atoms with E-state index >= 15 is 0 Å². The quantitative estimate of drug-likeness (QED) is 0.502. The first kappa shape index (κ1) is 19.9. The maximum absolute atomic E-state index is 13.8. The normalized spacial score (nSPS) is 24.4. The SMILES string of the molecule is CC1=C2C=CC(C3=C(c4ccc(F)c(Cl)c4)C(C)C(C)CC=C3)=NN2C=CCC1. The van der Waals surface area contributed by atoms with Crippen molar-refractivity contribution in [3.63, 3.8) is 0 Å². The van der Waals surface area contributed by atoms with Crippen LogP contribution in [-0.2, 0) is 0 Å². The molecule has 29 heavy (non-hydrogen) atoms. The lowest BCUT2D eigenvalue weighted by molar-refractivity contribution is 0.480. The summed E-state index contributed by atoms with van der Waals surface area (Å²) >= 11 is 6.13. The van der Waals surface area contributed by atoms with Crippen LogP contribution >= 0.6 is 11.6 Å². The van der Waals surface area contributed by atoms with E-state index in [1.165, 1.54) is 17.2 Å². The number of hydrogen-bond donors (Lipinski definition) is 0. The van der Waals surface area contributed by atoms with Crippen molar-refractivity contribution in [3.05, 3.63) is 88.0 Å². The largest absolute Gasteiger partial charge is 0.241 e. The zero-order valence-electron chi connectivity index (χ0n) is 17.1. The third-order valence-electron chi connectivity index (χ3n) is 6.13. The summed E-state index contributed by atoms with van der Waals surface area (Å²) in [4.78, 5) is 0. The van der Waals surface area contributed by atoms with Crippen LogP contribution in [0.15, 0.2) is 76.7 Å². The molecule has 0 bridgehead atoms. The van der Waals surface area contributed by atoms with Crippen molar-refractivity contribution < 1.29 is 4.39 Å². The lowest BCUT2D eigenvalue weighted by Gasteiger charge is -2.26. The molecule has 1 aromatic carbocycles. The average Bonchev–Trinajstić information content (AvgIpc) is 2.98. The lowest BCUT2D eigenvalue weighted by Crippen LogP contribution is -2.19. The molecule has 1 aliphatic carbocycles. The van der Waals surface area contributed by atoms with Crippen molar-refractivity contribution in [1.29, 1.82) is 0 Å². The Balaban J connectivity index is 1.88. The molecule has 0 N–H and O–H groups in total. The van der Waals surface area contributed by atoms with E-state index in [1.807, 2.05) is 11.1 Å². The molecule has 0 aromatic heterocycles. The number of hydrazone groups is 1. The third-order valence-corrected chi connectivity index (χ3v) is 6.42. The summed E-state index contributed by atoms with van der Waals surface area (Å²) in [5.41, 5.74) is 6.60. The number of halogens is 2. The fourth-order valence-corrected chi connectivity index (χ4v) is 4.35. The van der Waals surface area contributed by atoms with Crippen LogP contribution in [0.2, 0.25) is 5.02 Å². The van der Waals surface area contributed by atoms with Crippen molar-refractivity contribution in [2.75, 3.05) is 0 Å². The Bertz CT molecular complexity index is 1010. The molecule has 2 aliphatic heterocycles. The molecule has 2 nitrogen and oxygen atoms in total. The van der Waals surface area contributed by atoms with Gasteiger partial charge in [-0.3, -0.25) is 0 Å². The fourth-order valence-electron chi connectivity index (χ4n) is 4.16. The van der Waals surface area contributed by atoms with Gasteiger partial charge in [0, 0.05) is 11.8 Å². The predicted molar refractivity (Wildman–Crippen MR) is 120 cm³/mol. The zero-order valence-corrected chi connectivity index (χ0v) is 17.9. The molecule has 0 saturated heterocycles. The van der Waals surface area contributed by atoms with Crippen LogP contribution in [0.4, 0.5) is 4.39 Å². The van der Waals surface area contributed by atoms with Gasteiger partial charge in [-0.1, -0.05) is 49.7 Å². The Hall–Kier alpha value is -2.39. The van der Waals surface area contributed by atoms with Crippen LogP contribution in [0, 0.1) is 17.7 Å². The molecule has 1 aromatic rings. The van der Waals surface area contributed by atoms with E-state index < -0.39 is 5.82 Å². The summed E-state index contributed by atoms with van der Waals surface area (Å²) in [7, 11) is 0. The average molecular weight is 409 g/mol. The Labute approximate surface area is 177 Å². The summed E-state index contributed by atoms with van der Waals surface area (Å²) in [6.45, 7) is 6.66. The molecule has 0 radical (unpaired) electrons. The van der Waals surface area contributed by atoms with Gasteiger partial charge in [0.05, 0.1) is 16.4 Å². The Morgan fingerprint density at radius 2 is 1.97 bits per heavy atom. The van der Waals surface area contributed by atoms with Crippen molar-refractivity contribution >= 4 is 22.9 Å². The molecule has 0 fully saturated rings. The van der Waals surface area contributed by atoms with E-state index in [4.69, 9.17) is 16.7 Å². The summed E-state index contributed by atoms with van der Waals surface area (Å²) in [5.74, 6) is 0.361. The smallest absolute Gasteiger partial charge is 0.141 e. The second-order valence-electron chi connectivity index (χ2n) is 8.11. The maximum atomic E-state index is 13.8. The van der Waals surface area contributed by atoms with Crippen molar-refractivity contribution in [2.45, 2.75) is 40.0 Å². The molecular formula is C25H26ClFN2. The van der Waals surface area contributed by atoms with Gasteiger partial charge in [0.25, 0.3) is 0 Å². The Morgan fingerprint density at radius 3 is 2.76 bits per heavy atom. The first-order chi connectivity index (χ1) is 14.0. The van der Waals surface area contributed by atoms with Crippen molar-refractivity contribution in [3.8, 4) is 0 Å². The molecule has 4 rings (SSSR count). The predicted octanol–water partition coefficient (Wildman–Crippen LogP) is 7.27. The van der Waals surface area contributed by atoms with Crippen molar-refractivity contribution in [2.24, 2.45) is 16.9 Å². The van der Waals surface area contributed by atoms with E-state index in [2.05, 4.69) is 57.4 Å². The first-order valence-electron chi connectivity index (χ1n) is 10.2. The highest BCUT2D eigenvalue weighted by atomic mass is 35.5. The van der Waals surface area contributed by atoms with Crippen LogP contribution in [0.25, 0.3) is 5.57 Å². The summed E-state index contributed by atoms with van der Waals surface area (Å²) < 4.78 is 13.8. The number of allylic oxidation sites excluding steroid dienone is 8. The van der Waals surface area contributed by atoms with Gasteiger partial charge in [-0.15, -0.1) is 0 Å². The van der Waals surface area contributed by atoms with Crippen LogP contribution in [0.3, 0.4) is 0 Å². The van der Waals surface area contributed by atoms with Crippen molar-refractivity contribution in [1.82, 2.24) is 5.01 Å². The van der Waals surface area contributed by atoms with Gasteiger partial charge >= 0.3 is 0 Å². The number of nitrogens with zero attached hydrogens (tertiary/aromatic N) is 2. The van der Waals surface area contributed by atoms with E-state index in [-0.39, 0.29) is 10.9 Å². The van der Waals surface area contributed by atoms with Gasteiger partial charge < -0.3 is 0 Å². The van der Waals surface area contributed by atoms with Crippen LogP contribution in [0.1, 0.15) is 45.6 Å². The minimum Gasteiger partial charge on any atom is -0.241 e. The van der Waals surface area contributed by atoms with Crippen LogP contribution in [-0.4, -0.2) is 10.7 Å². The van der Waals surface area contributed by atoms with E-state index in [9.17, 15) is 4.39 Å². The first-order valence-corrected chi connectivity index (χ1v) is 10.6. The zero-order chi connectivity index (χ0) is 20.5. The highest BCUT2D eigenvalue weighted by Gasteiger charge is 2.26. The summed E-state index contributed by atoms with van der Waals surface area (Å²) in [6.07, 6.45) is 15.9. The van der Waals surface area contributed by atoms with E-state index in [1.54, 1.807) is 6.07 Å². The molecule has 0 spiro atoms. The molecule has 0 amide bonds. The van der Waals surface area contributed by atoms with E-state index in [0.717, 1.165) is 41.8 Å². The number of rotatable bonds is 2. The molecule has 2 unspecified atom stereocenters. The second-order valence-corrected chi connectivity index (χ2v) is 8.52. The van der Waals surface area contributed by atoms with Gasteiger partial charge in [-0.25, -0.2) is 9.40 Å². The van der Waals surface area contributed by atoms with Gasteiger partial charge in [0.15, 0.2) is 0 Å². The number of benzene rings is 1. The number of hydrogen-bond acceptors (Lipinski definition) is 2. The molecule has 3 aliphatic rings. The summed E-state index contributed by atoms with van der Waals surface area (Å²) in [6, 6.07) is 5.02. The van der Waals surface area contributed by atoms with Gasteiger partial charge in [0.1, 0.15) is 5.82 Å². The van der Waals surface area contributed by atoms with Gasteiger partial charge in [-0.2, -0.15) is 5.10 Å². The lowest BCUT2D eigenvalue weighted by atomic mass is 9.81. The summed E-state index contributed by atoms with van der Waals surface area (Å²) in [5, 5.41) is 7.09. The minimum atomic E-state index is -0.391. The number of fused-ring (bicyclic) bond motifs is 1. The standard InChI is InChI=1S/C25H26ClFN2/c1-16-8-6-9-20(25(18(16)3)19-10-11-22(27)21(26)15-19)23-12-13-24-17(2)7-4-5-14-29(24)28-23/h5-6,9-16,18H,4,7-8H2,1-3H3. The van der Waals surface area contributed by atoms with Crippen LogP contribution < -0.4 is 0 Å². The van der Waals surface area contributed by atoms with Crippen LogP contribution in [0.5, 0.6) is 0 Å². The maximum Gasteiger partial charge on any atom is 0.141 e. The molecule has 2 atom stereocenters. The monoisotopic (exact) mass is 408 g/mol. The van der Waals surface area contributed by atoms with Gasteiger partial charge in [-0.05, 0) is 79.0 Å². The minimum absolute atomic E-state index is 0.153. The highest BCUT2D eigenvalue weighted by molar-refractivity contribution is 6.31. The Morgan fingerprint density at radius 1 is 1.14 bits per heavy atom. The highest BCUT2D eigenvalue weighted by Crippen LogP contribution is 2.39. The third kappa shape index (κ3) is 3.89.